The number of halogens is 1. The molecule has 130 valence electrons. The van der Waals surface area contributed by atoms with Crippen LogP contribution in [0.3, 0.4) is 0 Å². The molecular formula is C18H30IN3O. The minimum atomic E-state index is 0. The molecule has 0 spiro atoms. The van der Waals surface area contributed by atoms with Gasteiger partial charge in [-0.15, -0.1) is 24.0 Å². The molecule has 1 aromatic carbocycles. The Morgan fingerprint density at radius 1 is 1.09 bits per heavy atom. The fraction of sp³-hybridized carbons (Fsp3) is 0.611. The van der Waals surface area contributed by atoms with E-state index in [4.69, 9.17) is 10.5 Å². The highest BCUT2D eigenvalue weighted by atomic mass is 127. The molecule has 1 aromatic rings. The third kappa shape index (κ3) is 7.42. The summed E-state index contributed by atoms with van der Waals surface area (Å²) < 4.78 is 5.17. The van der Waals surface area contributed by atoms with Gasteiger partial charge in [0, 0.05) is 19.6 Å². The first-order valence-electron chi connectivity index (χ1n) is 8.47. The maximum atomic E-state index is 6.11. The van der Waals surface area contributed by atoms with Crippen molar-refractivity contribution in [2.24, 2.45) is 10.7 Å². The lowest BCUT2D eigenvalue weighted by Gasteiger charge is -2.21. The zero-order valence-corrected chi connectivity index (χ0v) is 16.5. The second kappa shape index (κ2) is 11.5. The van der Waals surface area contributed by atoms with Crippen LogP contribution in [0.2, 0.25) is 0 Å². The van der Waals surface area contributed by atoms with Crippen LogP contribution in [0.1, 0.15) is 44.1 Å². The second-order valence-corrected chi connectivity index (χ2v) is 5.95. The van der Waals surface area contributed by atoms with Crippen LogP contribution in [0, 0.1) is 0 Å². The van der Waals surface area contributed by atoms with E-state index in [-0.39, 0.29) is 24.0 Å². The molecule has 1 aliphatic heterocycles. The van der Waals surface area contributed by atoms with Crippen molar-refractivity contribution in [3.05, 3.63) is 29.8 Å². The predicted molar refractivity (Wildman–Crippen MR) is 108 cm³/mol. The first kappa shape index (κ1) is 20.1. The van der Waals surface area contributed by atoms with Gasteiger partial charge >= 0.3 is 0 Å². The minimum absolute atomic E-state index is 0. The molecule has 0 atom stereocenters. The van der Waals surface area contributed by atoms with E-state index in [1.165, 1.54) is 31.2 Å². The summed E-state index contributed by atoms with van der Waals surface area (Å²) in [5.74, 6) is 1.66. The number of likely N-dealkylation sites (tertiary alicyclic amines) is 1. The van der Waals surface area contributed by atoms with Crippen LogP contribution in [0.15, 0.2) is 29.3 Å². The van der Waals surface area contributed by atoms with Crippen molar-refractivity contribution < 1.29 is 4.74 Å². The molecule has 0 bridgehead atoms. The van der Waals surface area contributed by atoms with Crippen molar-refractivity contribution in [3.63, 3.8) is 0 Å². The highest BCUT2D eigenvalue weighted by Gasteiger charge is 2.10. The number of benzene rings is 1. The molecule has 0 saturated carbocycles. The number of aryl methyl sites for hydroxylation is 1. The Kier molecular flexibility index (Phi) is 10.1. The Balaban J connectivity index is 0.00000264. The molecule has 1 fully saturated rings. The number of aliphatic imine (C=N–C) groups is 1. The highest BCUT2D eigenvalue weighted by molar-refractivity contribution is 14.0. The summed E-state index contributed by atoms with van der Waals surface area (Å²) in [6.45, 7) is 2.97. The van der Waals surface area contributed by atoms with Crippen LogP contribution in [0.25, 0.3) is 0 Å². The number of hydrogen-bond acceptors (Lipinski definition) is 2. The molecule has 1 saturated heterocycles. The van der Waals surface area contributed by atoms with E-state index < -0.39 is 0 Å². The molecule has 4 nitrogen and oxygen atoms in total. The van der Waals surface area contributed by atoms with E-state index in [9.17, 15) is 0 Å². The summed E-state index contributed by atoms with van der Waals surface area (Å²) in [4.78, 5) is 6.79. The average molecular weight is 431 g/mol. The molecule has 1 heterocycles. The molecule has 0 unspecified atom stereocenters. The van der Waals surface area contributed by atoms with E-state index in [0.29, 0.717) is 0 Å². The Hall–Kier alpha value is -0.980. The van der Waals surface area contributed by atoms with Gasteiger partial charge in [0.05, 0.1) is 7.11 Å². The first-order valence-corrected chi connectivity index (χ1v) is 8.47. The number of ether oxygens (including phenoxy) is 1. The largest absolute Gasteiger partial charge is 0.497 e. The summed E-state index contributed by atoms with van der Waals surface area (Å²) in [7, 11) is 1.70. The molecule has 23 heavy (non-hydrogen) atoms. The normalized spacial score (nSPS) is 15.7. The van der Waals surface area contributed by atoms with Gasteiger partial charge in [-0.1, -0.05) is 25.0 Å². The van der Waals surface area contributed by atoms with Crippen LogP contribution < -0.4 is 10.5 Å². The average Bonchev–Trinajstić information content (AvgIpc) is 2.84. The van der Waals surface area contributed by atoms with Gasteiger partial charge in [-0.2, -0.15) is 0 Å². The fourth-order valence-electron chi connectivity index (χ4n) is 2.83. The number of hydrogen-bond donors (Lipinski definition) is 1. The Morgan fingerprint density at radius 2 is 1.74 bits per heavy atom. The summed E-state index contributed by atoms with van der Waals surface area (Å²) in [5.41, 5.74) is 7.46. The maximum absolute atomic E-state index is 6.11. The minimum Gasteiger partial charge on any atom is -0.497 e. The van der Waals surface area contributed by atoms with E-state index >= 15 is 0 Å². The number of unbranched alkanes of at least 4 members (excludes halogenated alkanes) is 1. The van der Waals surface area contributed by atoms with E-state index in [1.807, 2.05) is 12.1 Å². The summed E-state index contributed by atoms with van der Waals surface area (Å²) in [6.07, 6.45) is 8.45. The quantitative estimate of drug-likeness (QED) is 0.323. The summed E-state index contributed by atoms with van der Waals surface area (Å²) in [6, 6.07) is 8.30. The predicted octanol–water partition coefficient (Wildman–Crippen LogP) is 3.83. The van der Waals surface area contributed by atoms with Crippen LogP contribution >= 0.6 is 24.0 Å². The van der Waals surface area contributed by atoms with Gasteiger partial charge in [0.25, 0.3) is 0 Å². The van der Waals surface area contributed by atoms with Gasteiger partial charge in [-0.05, 0) is 49.8 Å². The van der Waals surface area contributed by atoms with E-state index in [0.717, 1.165) is 50.6 Å². The standard InChI is InChI=1S/C18H29N3O.HI/c1-22-17-11-9-16(10-12-17)8-4-5-13-20-18(19)21-14-6-2-3-7-15-21;/h9-12H,2-8,13-15H2,1H3,(H2,19,20);1H. The van der Waals surface area contributed by atoms with Crippen molar-refractivity contribution in [2.45, 2.75) is 44.9 Å². The van der Waals surface area contributed by atoms with Crippen LogP contribution in [0.4, 0.5) is 0 Å². The van der Waals surface area contributed by atoms with Crippen molar-refractivity contribution in [1.82, 2.24) is 4.90 Å². The maximum Gasteiger partial charge on any atom is 0.191 e. The van der Waals surface area contributed by atoms with Crippen LogP contribution in [-0.4, -0.2) is 37.6 Å². The highest BCUT2D eigenvalue weighted by Crippen LogP contribution is 2.13. The van der Waals surface area contributed by atoms with Gasteiger partial charge in [0.1, 0.15) is 5.75 Å². The summed E-state index contributed by atoms with van der Waals surface area (Å²) >= 11 is 0. The molecule has 0 aromatic heterocycles. The monoisotopic (exact) mass is 431 g/mol. The number of methoxy groups -OCH3 is 1. The Labute approximate surface area is 157 Å². The molecule has 5 heteroatoms. The summed E-state index contributed by atoms with van der Waals surface area (Å²) in [5, 5.41) is 0. The van der Waals surface area contributed by atoms with Gasteiger partial charge in [0.15, 0.2) is 5.96 Å². The molecular weight excluding hydrogens is 401 g/mol. The third-order valence-corrected chi connectivity index (χ3v) is 4.24. The first-order chi connectivity index (χ1) is 10.8. The van der Waals surface area contributed by atoms with E-state index in [1.54, 1.807) is 7.11 Å². The van der Waals surface area contributed by atoms with Gasteiger partial charge in [-0.25, -0.2) is 0 Å². The zero-order valence-electron chi connectivity index (χ0n) is 14.2. The fourth-order valence-corrected chi connectivity index (χ4v) is 2.83. The van der Waals surface area contributed by atoms with Crippen molar-refractivity contribution in [1.29, 1.82) is 0 Å². The lowest BCUT2D eigenvalue weighted by Crippen LogP contribution is -2.38. The topological polar surface area (TPSA) is 50.9 Å². The van der Waals surface area contributed by atoms with E-state index in [2.05, 4.69) is 22.0 Å². The van der Waals surface area contributed by atoms with Crippen molar-refractivity contribution in [3.8, 4) is 5.75 Å². The number of guanidine groups is 1. The lowest BCUT2D eigenvalue weighted by atomic mass is 10.1. The van der Waals surface area contributed by atoms with Crippen LogP contribution in [-0.2, 0) is 6.42 Å². The molecule has 0 amide bonds. The molecule has 0 radical (unpaired) electrons. The molecule has 0 aliphatic carbocycles. The Morgan fingerprint density at radius 3 is 2.35 bits per heavy atom. The van der Waals surface area contributed by atoms with Gasteiger partial charge in [-0.3, -0.25) is 4.99 Å². The molecule has 2 rings (SSSR count). The Bertz CT molecular complexity index is 454. The van der Waals surface area contributed by atoms with Crippen LogP contribution in [0.5, 0.6) is 5.75 Å². The van der Waals surface area contributed by atoms with Gasteiger partial charge < -0.3 is 15.4 Å². The molecule has 1 aliphatic rings. The van der Waals surface area contributed by atoms with Crippen molar-refractivity contribution >= 4 is 29.9 Å². The number of rotatable bonds is 6. The lowest BCUT2D eigenvalue weighted by molar-refractivity contribution is 0.414. The number of nitrogens with two attached hydrogens (primary N) is 1. The SMILES string of the molecule is COc1ccc(CCCCN=C(N)N2CCCCCC2)cc1.I. The third-order valence-electron chi connectivity index (χ3n) is 4.24. The smallest absolute Gasteiger partial charge is 0.191 e. The number of nitrogens with zero attached hydrogens (tertiary/aromatic N) is 2. The second-order valence-electron chi connectivity index (χ2n) is 5.95. The molecule has 2 N–H and O–H groups in total. The van der Waals surface area contributed by atoms with Crippen molar-refractivity contribution in [2.75, 3.05) is 26.7 Å². The van der Waals surface area contributed by atoms with Gasteiger partial charge in [0.2, 0.25) is 0 Å². The zero-order chi connectivity index (χ0) is 15.6.